The molecule has 0 aliphatic heterocycles. The first-order valence-corrected chi connectivity index (χ1v) is 7.70. The number of nitrogens with one attached hydrogen (secondary N) is 1. The maximum Gasteiger partial charge on any atom is 0.389 e. The average molecular weight is 370 g/mol. The Bertz CT molecular complexity index is 502. The van der Waals surface area contributed by atoms with Crippen LogP contribution in [0.2, 0.25) is 0 Å². The van der Waals surface area contributed by atoms with Gasteiger partial charge in [0.25, 0.3) is 5.56 Å². The van der Waals surface area contributed by atoms with Crippen molar-refractivity contribution >= 4 is 21.6 Å². The van der Waals surface area contributed by atoms with Gasteiger partial charge < -0.3 is 5.32 Å². The summed E-state index contributed by atoms with van der Waals surface area (Å²) in [5, 5.41) is 6.98. The van der Waals surface area contributed by atoms with E-state index in [1.54, 1.807) is 0 Å². The van der Waals surface area contributed by atoms with Crippen molar-refractivity contribution in [1.29, 1.82) is 0 Å². The van der Waals surface area contributed by atoms with E-state index in [0.717, 1.165) is 12.8 Å². The van der Waals surface area contributed by atoms with Gasteiger partial charge in [-0.15, -0.1) is 0 Å². The molecule has 120 valence electrons. The minimum atomic E-state index is -4.11. The number of halogens is 4. The van der Waals surface area contributed by atoms with E-state index in [0.29, 0.717) is 29.7 Å². The molecule has 0 bridgehead atoms. The van der Waals surface area contributed by atoms with Gasteiger partial charge >= 0.3 is 6.18 Å². The molecule has 4 nitrogen and oxygen atoms in total. The Balaban J connectivity index is 2.49. The van der Waals surface area contributed by atoms with Crippen LogP contribution in [0.1, 0.15) is 39.0 Å². The standard InChI is InChI=1S/C13H19BrF3N3O/c1-2-3-8-20-12(21)11(14)10(9-19-20)18-7-5-4-6-13(15,16)17/h9,18H,2-8H2,1H3. The second-order valence-corrected chi connectivity index (χ2v) is 5.55. The second kappa shape index (κ2) is 8.41. The van der Waals surface area contributed by atoms with Crippen LogP contribution in [-0.2, 0) is 6.54 Å². The summed E-state index contributed by atoms with van der Waals surface area (Å²) in [5.74, 6) is 0. The second-order valence-electron chi connectivity index (χ2n) is 4.75. The van der Waals surface area contributed by atoms with Crippen LogP contribution in [0.3, 0.4) is 0 Å². The maximum atomic E-state index is 12.0. The van der Waals surface area contributed by atoms with Crippen LogP contribution in [0.4, 0.5) is 18.9 Å². The zero-order valence-corrected chi connectivity index (χ0v) is 13.4. The molecule has 0 aliphatic rings. The van der Waals surface area contributed by atoms with Gasteiger partial charge in [0.15, 0.2) is 0 Å². The monoisotopic (exact) mass is 369 g/mol. The summed E-state index contributed by atoms with van der Waals surface area (Å²) in [4.78, 5) is 12.0. The van der Waals surface area contributed by atoms with E-state index < -0.39 is 12.6 Å². The van der Waals surface area contributed by atoms with Crippen molar-refractivity contribution in [2.24, 2.45) is 0 Å². The predicted molar refractivity (Wildman–Crippen MR) is 79.5 cm³/mol. The third-order valence-electron chi connectivity index (χ3n) is 2.91. The summed E-state index contributed by atoms with van der Waals surface area (Å²) < 4.78 is 37.7. The van der Waals surface area contributed by atoms with Crippen LogP contribution in [0.25, 0.3) is 0 Å². The fourth-order valence-electron chi connectivity index (χ4n) is 1.73. The fraction of sp³-hybridized carbons (Fsp3) is 0.692. The molecule has 0 unspecified atom stereocenters. The molecule has 0 fully saturated rings. The van der Waals surface area contributed by atoms with Crippen molar-refractivity contribution in [2.75, 3.05) is 11.9 Å². The Kier molecular flexibility index (Phi) is 7.21. The van der Waals surface area contributed by atoms with E-state index in [9.17, 15) is 18.0 Å². The van der Waals surface area contributed by atoms with Gasteiger partial charge in [0.2, 0.25) is 0 Å². The third-order valence-corrected chi connectivity index (χ3v) is 3.68. The van der Waals surface area contributed by atoms with Gasteiger partial charge in [-0.3, -0.25) is 4.79 Å². The number of hydrogen-bond donors (Lipinski definition) is 1. The lowest BCUT2D eigenvalue weighted by Crippen LogP contribution is -2.24. The largest absolute Gasteiger partial charge is 0.389 e. The molecule has 1 N–H and O–H groups in total. The van der Waals surface area contributed by atoms with Crippen molar-refractivity contribution in [3.8, 4) is 0 Å². The van der Waals surface area contributed by atoms with Crippen LogP contribution in [0.15, 0.2) is 15.5 Å². The number of aryl methyl sites for hydroxylation is 1. The molecule has 21 heavy (non-hydrogen) atoms. The van der Waals surface area contributed by atoms with Crippen molar-refractivity contribution in [2.45, 2.75) is 51.7 Å². The van der Waals surface area contributed by atoms with Crippen LogP contribution >= 0.6 is 15.9 Å². The van der Waals surface area contributed by atoms with Gasteiger partial charge in [0, 0.05) is 19.5 Å². The fourth-order valence-corrected chi connectivity index (χ4v) is 2.18. The third kappa shape index (κ3) is 6.50. The molecular formula is C13H19BrF3N3O. The molecule has 1 aromatic rings. The minimum absolute atomic E-state index is 0.0646. The first-order chi connectivity index (χ1) is 9.85. The number of aromatic nitrogens is 2. The number of alkyl halides is 3. The highest BCUT2D eigenvalue weighted by atomic mass is 79.9. The first kappa shape index (κ1) is 18.0. The maximum absolute atomic E-state index is 12.0. The van der Waals surface area contributed by atoms with Crippen LogP contribution < -0.4 is 10.9 Å². The Morgan fingerprint density at radius 1 is 1.33 bits per heavy atom. The quantitative estimate of drug-likeness (QED) is 0.705. The molecule has 1 heterocycles. The lowest BCUT2D eigenvalue weighted by molar-refractivity contribution is -0.135. The molecule has 0 amide bonds. The Labute approximate surface area is 129 Å². The van der Waals surface area contributed by atoms with E-state index >= 15 is 0 Å². The van der Waals surface area contributed by atoms with Gasteiger partial charge in [-0.2, -0.15) is 18.3 Å². The van der Waals surface area contributed by atoms with Gasteiger partial charge in [0.1, 0.15) is 4.47 Å². The summed E-state index contributed by atoms with van der Waals surface area (Å²) in [6.07, 6.45) is -1.10. The van der Waals surface area contributed by atoms with Crippen molar-refractivity contribution in [3.63, 3.8) is 0 Å². The Hall–Kier alpha value is -1.05. The number of anilines is 1. The molecule has 0 radical (unpaired) electrons. The van der Waals surface area contributed by atoms with Gasteiger partial charge in [-0.1, -0.05) is 13.3 Å². The number of rotatable bonds is 8. The normalized spacial score (nSPS) is 11.7. The topological polar surface area (TPSA) is 46.9 Å². The minimum Gasteiger partial charge on any atom is -0.383 e. The molecule has 1 rings (SSSR count). The highest BCUT2D eigenvalue weighted by Gasteiger charge is 2.25. The highest BCUT2D eigenvalue weighted by Crippen LogP contribution is 2.22. The first-order valence-electron chi connectivity index (χ1n) is 6.91. The molecule has 0 spiro atoms. The van der Waals surface area contributed by atoms with Crippen LogP contribution in [-0.4, -0.2) is 22.5 Å². The molecule has 0 aliphatic carbocycles. The van der Waals surface area contributed by atoms with E-state index in [4.69, 9.17) is 0 Å². The van der Waals surface area contributed by atoms with Gasteiger partial charge in [-0.05, 0) is 35.2 Å². The summed E-state index contributed by atoms with van der Waals surface area (Å²) in [7, 11) is 0. The highest BCUT2D eigenvalue weighted by molar-refractivity contribution is 9.10. The molecule has 0 saturated heterocycles. The van der Waals surface area contributed by atoms with Crippen LogP contribution in [0, 0.1) is 0 Å². The van der Waals surface area contributed by atoms with Gasteiger partial charge in [-0.25, -0.2) is 4.68 Å². The lowest BCUT2D eigenvalue weighted by Gasteiger charge is -2.10. The van der Waals surface area contributed by atoms with E-state index in [2.05, 4.69) is 26.3 Å². The van der Waals surface area contributed by atoms with Crippen molar-refractivity contribution < 1.29 is 13.2 Å². The summed E-state index contributed by atoms with van der Waals surface area (Å²) >= 11 is 3.21. The molecule has 0 atom stereocenters. The van der Waals surface area contributed by atoms with Gasteiger partial charge in [0.05, 0.1) is 11.9 Å². The summed E-state index contributed by atoms with van der Waals surface area (Å²) in [6, 6.07) is 0. The predicted octanol–water partition coefficient (Wildman–Crippen LogP) is 3.95. The average Bonchev–Trinajstić information content (AvgIpc) is 2.41. The Morgan fingerprint density at radius 2 is 2.05 bits per heavy atom. The molecular weight excluding hydrogens is 351 g/mol. The molecule has 0 saturated carbocycles. The summed E-state index contributed by atoms with van der Waals surface area (Å²) in [5.41, 5.74) is 0.281. The summed E-state index contributed by atoms with van der Waals surface area (Å²) in [6.45, 7) is 2.95. The number of unbranched alkanes of at least 4 members (excludes halogenated alkanes) is 2. The zero-order valence-electron chi connectivity index (χ0n) is 11.8. The van der Waals surface area contributed by atoms with Crippen molar-refractivity contribution in [3.05, 3.63) is 21.0 Å². The number of hydrogen-bond acceptors (Lipinski definition) is 3. The van der Waals surface area contributed by atoms with E-state index in [1.807, 2.05) is 6.92 Å². The number of nitrogens with zero attached hydrogens (tertiary/aromatic N) is 2. The molecule has 0 aromatic carbocycles. The zero-order chi connectivity index (χ0) is 15.9. The SMILES string of the molecule is CCCCn1ncc(NCCCCC(F)(F)F)c(Br)c1=O. The smallest absolute Gasteiger partial charge is 0.383 e. The van der Waals surface area contributed by atoms with Crippen molar-refractivity contribution in [1.82, 2.24) is 9.78 Å². The van der Waals surface area contributed by atoms with Crippen LogP contribution in [0.5, 0.6) is 0 Å². The van der Waals surface area contributed by atoms with E-state index in [-0.39, 0.29) is 12.0 Å². The molecule has 1 aromatic heterocycles. The lowest BCUT2D eigenvalue weighted by atomic mass is 10.2. The molecule has 8 heteroatoms. The van der Waals surface area contributed by atoms with E-state index in [1.165, 1.54) is 10.9 Å². The Morgan fingerprint density at radius 3 is 2.67 bits per heavy atom.